The van der Waals surface area contributed by atoms with Crippen LogP contribution in [0.25, 0.3) is 0 Å². The van der Waals surface area contributed by atoms with E-state index in [-0.39, 0.29) is 17.5 Å². The van der Waals surface area contributed by atoms with Gasteiger partial charge >= 0.3 is 5.97 Å². The third-order valence-electron chi connectivity index (χ3n) is 3.09. The number of hydrogen-bond acceptors (Lipinski definition) is 3. The topological polar surface area (TPSA) is 38.3 Å². The molecule has 0 aromatic rings. The Morgan fingerprint density at radius 3 is 2.50 bits per heavy atom. The molecule has 3 heteroatoms. The van der Waals surface area contributed by atoms with Crippen molar-refractivity contribution < 1.29 is 9.53 Å². The lowest BCUT2D eigenvalue weighted by atomic mass is 9.79. The highest BCUT2D eigenvalue weighted by Gasteiger charge is 2.35. The molecule has 0 bridgehead atoms. The standard InChI is InChI=1S/C13H25NO2/c1-9(2)11-8-14-7-6-10(11)12(15)16-13(3,4)5/h9-11,14H,6-8H2,1-5H3/t10-,11-/m0/s1. The molecule has 0 aromatic heterocycles. The van der Waals surface area contributed by atoms with E-state index in [0.29, 0.717) is 11.8 Å². The van der Waals surface area contributed by atoms with Crippen molar-refractivity contribution in [3.63, 3.8) is 0 Å². The van der Waals surface area contributed by atoms with Gasteiger partial charge in [-0.1, -0.05) is 13.8 Å². The third kappa shape index (κ3) is 3.78. The molecule has 0 aromatic carbocycles. The van der Waals surface area contributed by atoms with E-state index in [1.165, 1.54) is 0 Å². The number of hydrogen-bond donors (Lipinski definition) is 1. The largest absolute Gasteiger partial charge is 0.460 e. The first kappa shape index (κ1) is 13.5. The van der Waals surface area contributed by atoms with E-state index in [1.54, 1.807) is 0 Å². The van der Waals surface area contributed by atoms with Crippen LogP contribution in [0.4, 0.5) is 0 Å². The Balaban J connectivity index is 2.64. The van der Waals surface area contributed by atoms with Crippen LogP contribution in [0.5, 0.6) is 0 Å². The van der Waals surface area contributed by atoms with Gasteiger partial charge in [-0.2, -0.15) is 0 Å². The molecule has 1 saturated heterocycles. The summed E-state index contributed by atoms with van der Waals surface area (Å²) in [5.41, 5.74) is -0.372. The quantitative estimate of drug-likeness (QED) is 0.735. The predicted molar refractivity (Wildman–Crippen MR) is 65.1 cm³/mol. The Morgan fingerprint density at radius 1 is 1.38 bits per heavy atom. The molecule has 0 amide bonds. The minimum atomic E-state index is -0.372. The number of carbonyl (C=O) groups excluding carboxylic acids is 1. The van der Waals surface area contributed by atoms with Crippen molar-refractivity contribution in [2.24, 2.45) is 17.8 Å². The van der Waals surface area contributed by atoms with E-state index in [4.69, 9.17) is 4.74 Å². The summed E-state index contributed by atoms with van der Waals surface area (Å²) in [6.45, 7) is 12.0. The van der Waals surface area contributed by atoms with Crippen LogP contribution in [0.1, 0.15) is 41.0 Å². The van der Waals surface area contributed by atoms with Crippen molar-refractivity contribution in [1.29, 1.82) is 0 Å². The van der Waals surface area contributed by atoms with Crippen LogP contribution >= 0.6 is 0 Å². The summed E-state index contributed by atoms with van der Waals surface area (Å²) in [4.78, 5) is 12.1. The molecular formula is C13H25NO2. The molecule has 0 radical (unpaired) electrons. The van der Waals surface area contributed by atoms with Gasteiger partial charge in [-0.15, -0.1) is 0 Å². The molecule has 0 saturated carbocycles. The fourth-order valence-electron chi connectivity index (χ4n) is 2.25. The summed E-state index contributed by atoms with van der Waals surface area (Å²) in [5.74, 6) is 0.974. The van der Waals surface area contributed by atoms with Crippen LogP contribution < -0.4 is 5.32 Å². The van der Waals surface area contributed by atoms with E-state index >= 15 is 0 Å². The van der Waals surface area contributed by atoms with Gasteiger partial charge in [-0.3, -0.25) is 4.79 Å². The van der Waals surface area contributed by atoms with Crippen molar-refractivity contribution in [2.75, 3.05) is 13.1 Å². The van der Waals surface area contributed by atoms with Gasteiger partial charge in [-0.25, -0.2) is 0 Å². The molecule has 16 heavy (non-hydrogen) atoms. The second kappa shape index (κ2) is 5.17. The number of ether oxygens (including phenoxy) is 1. The molecule has 1 aliphatic heterocycles. The Kier molecular flexibility index (Phi) is 4.36. The summed E-state index contributed by atoms with van der Waals surface area (Å²) in [5, 5.41) is 3.36. The van der Waals surface area contributed by atoms with Gasteiger partial charge < -0.3 is 10.1 Å². The Labute approximate surface area is 98.9 Å². The molecular weight excluding hydrogens is 202 g/mol. The molecule has 94 valence electrons. The fourth-order valence-corrected chi connectivity index (χ4v) is 2.25. The second-order valence-corrected chi connectivity index (χ2v) is 6.04. The number of piperidine rings is 1. The maximum Gasteiger partial charge on any atom is 0.309 e. The van der Waals surface area contributed by atoms with E-state index in [2.05, 4.69) is 19.2 Å². The first-order valence-corrected chi connectivity index (χ1v) is 6.25. The number of carbonyl (C=O) groups is 1. The summed E-state index contributed by atoms with van der Waals surface area (Å²) in [6, 6.07) is 0. The van der Waals surface area contributed by atoms with Gasteiger partial charge in [0.2, 0.25) is 0 Å². The average molecular weight is 227 g/mol. The monoisotopic (exact) mass is 227 g/mol. The summed E-state index contributed by atoms with van der Waals surface area (Å²) >= 11 is 0. The lowest BCUT2D eigenvalue weighted by molar-refractivity contribution is -0.163. The summed E-state index contributed by atoms with van der Waals surface area (Å²) < 4.78 is 5.49. The predicted octanol–water partition coefficient (Wildman–Crippen LogP) is 2.21. The molecule has 1 aliphatic rings. The first-order valence-electron chi connectivity index (χ1n) is 6.25. The SMILES string of the molecule is CC(C)[C@@H]1CNCC[C@@H]1C(=O)OC(C)(C)C. The van der Waals surface area contributed by atoms with E-state index in [1.807, 2.05) is 20.8 Å². The number of esters is 1. The Hall–Kier alpha value is -0.570. The van der Waals surface area contributed by atoms with Crippen LogP contribution in [-0.2, 0) is 9.53 Å². The van der Waals surface area contributed by atoms with Gasteiger partial charge in [0.15, 0.2) is 0 Å². The average Bonchev–Trinajstić information content (AvgIpc) is 2.15. The highest BCUT2D eigenvalue weighted by atomic mass is 16.6. The minimum Gasteiger partial charge on any atom is -0.460 e. The summed E-state index contributed by atoms with van der Waals surface area (Å²) in [6.07, 6.45) is 0.901. The molecule has 1 fully saturated rings. The second-order valence-electron chi connectivity index (χ2n) is 6.04. The van der Waals surface area contributed by atoms with Crippen LogP contribution in [0.3, 0.4) is 0 Å². The minimum absolute atomic E-state index is 0.0206. The van der Waals surface area contributed by atoms with Crippen LogP contribution in [0.15, 0.2) is 0 Å². The number of nitrogens with one attached hydrogen (secondary N) is 1. The van der Waals surface area contributed by atoms with Crippen molar-refractivity contribution in [3.05, 3.63) is 0 Å². The van der Waals surface area contributed by atoms with Crippen molar-refractivity contribution in [2.45, 2.75) is 46.6 Å². The molecule has 0 unspecified atom stereocenters. The molecule has 1 N–H and O–H groups in total. The highest BCUT2D eigenvalue weighted by Crippen LogP contribution is 2.28. The van der Waals surface area contributed by atoms with Gasteiger partial charge in [0, 0.05) is 0 Å². The Morgan fingerprint density at radius 2 is 2.00 bits per heavy atom. The normalized spacial score (nSPS) is 26.9. The number of rotatable bonds is 2. The Bertz CT molecular complexity index is 243. The lowest BCUT2D eigenvalue weighted by Gasteiger charge is -2.35. The maximum atomic E-state index is 12.1. The van der Waals surface area contributed by atoms with Gasteiger partial charge in [0.1, 0.15) is 5.60 Å². The van der Waals surface area contributed by atoms with Gasteiger partial charge in [0.05, 0.1) is 5.92 Å². The molecule has 3 nitrogen and oxygen atoms in total. The van der Waals surface area contributed by atoms with Crippen LogP contribution in [0, 0.1) is 17.8 Å². The van der Waals surface area contributed by atoms with Gasteiger partial charge in [0.25, 0.3) is 0 Å². The zero-order valence-corrected chi connectivity index (χ0v) is 11.2. The van der Waals surface area contributed by atoms with Crippen LogP contribution in [0.2, 0.25) is 0 Å². The van der Waals surface area contributed by atoms with E-state index in [0.717, 1.165) is 19.5 Å². The zero-order valence-electron chi connectivity index (χ0n) is 11.2. The third-order valence-corrected chi connectivity index (χ3v) is 3.09. The lowest BCUT2D eigenvalue weighted by Crippen LogP contribution is -2.44. The molecule has 1 heterocycles. The zero-order chi connectivity index (χ0) is 12.3. The molecule has 2 atom stereocenters. The van der Waals surface area contributed by atoms with Gasteiger partial charge in [-0.05, 0) is 52.1 Å². The maximum absolute atomic E-state index is 12.1. The summed E-state index contributed by atoms with van der Waals surface area (Å²) in [7, 11) is 0. The van der Waals surface area contributed by atoms with E-state index in [9.17, 15) is 4.79 Å². The van der Waals surface area contributed by atoms with Crippen molar-refractivity contribution in [3.8, 4) is 0 Å². The first-order chi connectivity index (χ1) is 7.31. The molecule has 0 aliphatic carbocycles. The molecule has 1 rings (SSSR count). The van der Waals surface area contributed by atoms with Crippen molar-refractivity contribution in [1.82, 2.24) is 5.32 Å². The molecule has 0 spiro atoms. The van der Waals surface area contributed by atoms with Crippen LogP contribution in [-0.4, -0.2) is 24.7 Å². The van der Waals surface area contributed by atoms with Crippen molar-refractivity contribution >= 4 is 5.97 Å². The highest BCUT2D eigenvalue weighted by molar-refractivity contribution is 5.73. The fraction of sp³-hybridized carbons (Fsp3) is 0.923. The smallest absolute Gasteiger partial charge is 0.309 e. The van der Waals surface area contributed by atoms with E-state index < -0.39 is 0 Å².